The fourth-order valence-corrected chi connectivity index (χ4v) is 5.53. The summed E-state index contributed by atoms with van der Waals surface area (Å²) in [5, 5.41) is 3.22. The molecule has 1 saturated carbocycles. The molecule has 1 fully saturated rings. The van der Waals surface area contributed by atoms with Gasteiger partial charge in [0.15, 0.2) is 0 Å². The monoisotopic (exact) mass is 559 g/mol. The number of benzene rings is 1. The fourth-order valence-electron chi connectivity index (χ4n) is 4.43. The molecule has 7 nitrogen and oxygen atoms in total. The molecule has 0 saturated heterocycles. The number of hydrogen-bond acceptors (Lipinski definition) is 6. The van der Waals surface area contributed by atoms with Crippen molar-refractivity contribution in [3.05, 3.63) is 53.6 Å². The lowest BCUT2D eigenvalue weighted by atomic mass is 10.00. The summed E-state index contributed by atoms with van der Waals surface area (Å²) in [6.07, 6.45) is 1.61. The van der Waals surface area contributed by atoms with Crippen LogP contribution in [0.4, 0.5) is 16.0 Å². The first-order chi connectivity index (χ1) is 18.5. The van der Waals surface area contributed by atoms with E-state index >= 15 is 0 Å². The number of carbonyl (C=O) groups is 1. The first kappa shape index (κ1) is 30.9. The first-order valence-electron chi connectivity index (χ1n) is 13.6. The van der Waals surface area contributed by atoms with Crippen molar-refractivity contribution in [3.63, 3.8) is 0 Å². The number of ether oxygens (including phenoxy) is 1. The maximum Gasteiger partial charge on any atom is 0.251 e. The molecule has 39 heavy (non-hydrogen) atoms. The van der Waals surface area contributed by atoms with Gasteiger partial charge < -0.3 is 25.0 Å². The van der Waals surface area contributed by atoms with E-state index in [2.05, 4.69) is 42.7 Å². The zero-order valence-electron chi connectivity index (χ0n) is 24.1. The number of nitrogens with one attached hydrogen (secondary N) is 1. The van der Waals surface area contributed by atoms with E-state index in [1.54, 1.807) is 13.2 Å². The van der Waals surface area contributed by atoms with Crippen molar-refractivity contribution in [2.24, 2.45) is 17.6 Å². The highest BCUT2D eigenvalue weighted by Crippen LogP contribution is 2.40. The van der Waals surface area contributed by atoms with Gasteiger partial charge in [0.2, 0.25) is 0 Å². The summed E-state index contributed by atoms with van der Waals surface area (Å²) in [5.41, 5.74) is 7.54. The molecule has 1 aromatic carbocycles. The Kier molecular flexibility index (Phi) is 10.8. The number of amides is 1. The summed E-state index contributed by atoms with van der Waals surface area (Å²) in [6.45, 7) is 7.74. The van der Waals surface area contributed by atoms with E-state index in [9.17, 15) is 9.18 Å². The quantitative estimate of drug-likeness (QED) is 0.318. The molecule has 0 bridgehead atoms. The number of aromatic nitrogens is 1. The van der Waals surface area contributed by atoms with Crippen molar-refractivity contribution < 1.29 is 13.9 Å². The lowest BCUT2D eigenvalue weighted by Gasteiger charge is -2.33. The number of nitrogens with two attached hydrogens (primary N) is 1. The van der Waals surface area contributed by atoms with Crippen molar-refractivity contribution >= 4 is 38.7 Å². The van der Waals surface area contributed by atoms with Gasteiger partial charge in [-0.1, -0.05) is 62.8 Å². The third-order valence-corrected chi connectivity index (χ3v) is 10.8. The third kappa shape index (κ3) is 8.19. The minimum Gasteiger partial charge on any atom is -0.383 e. The molecule has 1 aliphatic carbocycles. The molecule has 3 unspecified atom stereocenters. The minimum atomic E-state index is -1.71. The fraction of sp³-hybridized carbons (Fsp3) is 0.533. The first-order valence-corrected chi connectivity index (χ1v) is 15.6. The molecular formula is C30H46FN5O2S. The van der Waals surface area contributed by atoms with Crippen LogP contribution in [0.3, 0.4) is 0 Å². The largest absolute Gasteiger partial charge is 0.383 e. The molecule has 0 aliphatic heterocycles. The molecule has 0 radical (unpaired) electrons. The van der Waals surface area contributed by atoms with Gasteiger partial charge in [0.05, 0.1) is 18.7 Å². The van der Waals surface area contributed by atoms with Gasteiger partial charge >= 0.3 is 0 Å². The Morgan fingerprint density at radius 3 is 2.46 bits per heavy atom. The average Bonchev–Trinajstić information content (AvgIpc) is 3.63. The van der Waals surface area contributed by atoms with Crippen LogP contribution in [-0.2, 0) is 11.2 Å². The summed E-state index contributed by atoms with van der Waals surface area (Å²) in [7, 11) is 1.91. The number of nitrogens with zero attached hydrogens (tertiary/aromatic N) is 3. The Morgan fingerprint density at radius 2 is 1.90 bits per heavy atom. The second-order valence-electron chi connectivity index (χ2n) is 11.0. The Hall–Kier alpha value is -2.62. The normalized spacial score (nSPS) is 18.5. The molecular weight excluding hydrogens is 513 g/mol. The Labute approximate surface area is 234 Å². The highest BCUT2D eigenvalue weighted by Gasteiger charge is 2.34. The van der Waals surface area contributed by atoms with Crippen molar-refractivity contribution in [1.29, 1.82) is 0 Å². The van der Waals surface area contributed by atoms with Crippen molar-refractivity contribution in [2.45, 2.75) is 50.9 Å². The number of hydrogen-bond donors (Lipinski definition) is 2. The SMILES string of the molecule is C=S(=C)(C(C)C)N(C)c1cc(C(=O)N[C@@H](Cc2ccccc2)C(N)CF)cc(N(CCOC)CC2CC2C)n1. The molecule has 2 aromatic rings. The molecule has 4 atom stereocenters. The summed E-state index contributed by atoms with van der Waals surface area (Å²) in [4.78, 5) is 20.9. The van der Waals surface area contributed by atoms with Gasteiger partial charge in [-0.2, -0.15) is 0 Å². The number of carbonyl (C=O) groups excluding carboxylic acids is 1. The van der Waals surface area contributed by atoms with Gasteiger partial charge in [0, 0.05) is 38.1 Å². The Balaban J connectivity index is 1.99. The number of rotatable bonds is 15. The van der Waals surface area contributed by atoms with Crippen LogP contribution in [0.15, 0.2) is 42.5 Å². The Morgan fingerprint density at radius 1 is 1.26 bits per heavy atom. The molecule has 1 amide bonds. The number of methoxy groups -OCH3 is 1. The van der Waals surface area contributed by atoms with Crippen LogP contribution in [0.25, 0.3) is 0 Å². The van der Waals surface area contributed by atoms with Crippen LogP contribution < -0.4 is 20.3 Å². The average molecular weight is 560 g/mol. The van der Waals surface area contributed by atoms with E-state index in [1.165, 1.54) is 6.42 Å². The molecule has 1 heterocycles. The van der Waals surface area contributed by atoms with Crippen LogP contribution in [-0.4, -0.2) is 80.5 Å². The summed E-state index contributed by atoms with van der Waals surface area (Å²) >= 11 is 0. The van der Waals surface area contributed by atoms with Gasteiger partial charge in [-0.05, 0) is 42.4 Å². The van der Waals surface area contributed by atoms with E-state index in [4.69, 9.17) is 15.5 Å². The number of pyridine rings is 1. The van der Waals surface area contributed by atoms with Crippen LogP contribution in [0.1, 0.15) is 43.1 Å². The highest BCUT2D eigenvalue weighted by molar-refractivity contribution is 8.29. The smallest absolute Gasteiger partial charge is 0.251 e. The van der Waals surface area contributed by atoms with E-state index < -0.39 is 28.2 Å². The number of anilines is 2. The van der Waals surface area contributed by atoms with Crippen LogP contribution in [0.5, 0.6) is 0 Å². The topological polar surface area (TPSA) is 83.7 Å². The van der Waals surface area contributed by atoms with Crippen LogP contribution >= 0.6 is 9.39 Å². The lowest BCUT2D eigenvalue weighted by molar-refractivity contribution is 0.0928. The molecule has 3 rings (SSSR count). The molecule has 216 valence electrons. The third-order valence-electron chi connectivity index (χ3n) is 7.74. The number of alkyl halides is 1. The Bertz CT molecular complexity index is 1190. The molecule has 0 spiro atoms. The lowest BCUT2D eigenvalue weighted by Crippen LogP contribution is -2.50. The van der Waals surface area contributed by atoms with E-state index in [1.807, 2.05) is 47.8 Å². The predicted octanol–water partition coefficient (Wildman–Crippen LogP) is 4.26. The summed E-state index contributed by atoms with van der Waals surface area (Å²) in [5.74, 6) is 11.1. The minimum absolute atomic E-state index is 0.208. The zero-order chi connectivity index (χ0) is 28.7. The van der Waals surface area contributed by atoms with Crippen molar-refractivity contribution in [3.8, 4) is 0 Å². The van der Waals surface area contributed by atoms with Gasteiger partial charge in [-0.15, -0.1) is 9.39 Å². The molecule has 1 aliphatic rings. The zero-order valence-corrected chi connectivity index (χ0v) is 24.9. The van der Waals surface area contributed by atoms with E-state index in [0.29, 0.717) is 48.6 Å². The van der Waals surface area contributed by atoms with Crippen molar-refractivity contribution in [1.82, 2.24) is 10.3 Å². The van der Waals surface area contributed by atoms with Crippen LogP contribution in [0.2, 0.25) is 0 Å². The van der Waals surface area contributed by atoms with Crippen LogP contribution in [0, 0.1) is 11.8 Å². The van der Waals surface area contributed by atoms with Gasteiger partial charge in [0.25, 0.3) is 5.91 Å². The maximum absolute atomic E-state index is 13.7. The second-order valence-corrected chi connectivity index (χ2v) is 14.3. The highest BCUT2D eigenvalue weighted by atomic mass is 32.2. The summed E-state index contributed by atoms with van der Waals surface area (Å²) < 4.78 is 21.1. The van der Waals surface area contributed by atoms with Gasteiger partial charge in [-0.3, -0.25) is 4.79 Å². The summed E-state index contributed by atoms with van der Waals surface area (Å²) in [6, 6.07) is 11.8. The van der Waals surface area contributed by atoms with E-state index in [0.717, 1.165) is 12.1 Å². The van der Waals surface area contributed by atoms with E-state index in [-0.39, 0.29) is 11.2 Å². The molecule has 1 aromatic heterocycles. The molecule has 3 N–H and O–H groups in total. The van der Waals surface area contributed by atoms with Gasteiger partial charge in [-0.25, -0.2) is 9.37 Å². The second kappa shape index (κ2) is 13.6. The standard InChI is InChI=1S/C30H46FN5O2S/c1-21(2)39(6,7)35(4)28-17-24(18-29(34-28)36(13-14-38-5)20-25-15-22(25)3)30(37)33-27(26(32)19-31)16-23-11-9-8-10-12-23/h8-12,17-18,21-22,25-27H,6-7,13-16,19-20,32H2,1-5H3,(H,33,37)/t22?,25?,26?,27-/m0/s1. The maximum atomic E-state index is 13.7. The van der Waals surface area contributed by atoms with Gasteiger partial charge in [0.1, 0.15) is 18.3 Å². The molecule has 9 heteroatoms. The predicted molar refractivity (Wildman–Crippen MR) is 166 cm³/mol. The number of halogens is 1. The van der Waals surface area contributed by atoms with Crippen molar-refractivity contribution in [2.75, 3.05) is 49.7 Å².